The maximum Gasteiger partial charge on any atom is 0.301 e. The zero-order valence-corrected chi connectivity index (χ0v) is 19.0. The molecule has 0 spiro atoms. The van der Waals surface area contributed by atoms with Crippen LogP contribution >= 0.6 is 11.6 Å². The summed E-state index contributed by atoms with van der Waals surface area (Å²) in [6.45, 7) is 4.38. The molecule has 0 radical (unpaired) electrons. The number of nitrogens with zero attached hydrogens (tertiary/aromatic N) is 2. The Morgan fingerprint density at radius 3 is 2.45 bits per heavy atom. The van der Waals surface area contributed by atoms with E-state index < -0.39 is 17.7 Å². The number of halogens is 1. The number of ether oxygens (including phenoxy) is 1. The molecule has 0 bridgehead atoms. The molecule has 0 saturated carbocycles. The van der Waals surface area contributed by atoms with Gasteiger partial charge in [0, 0.05) is 16.7 Å². The van der Waals surface area contributed by atoms with E-state index in [1.54, 1.807) is 61.5 Å². The Morgan fingerprint density at radius 1 is 1.15 bits per heavy atom. The Morgan fingerprint density at radius 2 is 1.85 bits per heavy atom. The summed E-state index contributed by atoms with van der Waals surface area (Å²) in [5, 5.41) is 15.5. The molecule has 1 aliphatic rings. The fraction of sp³-hybridized carbons (Fsp3) is 0.240. The van der Waals surface area contributed by atoms with E-state index in [0.29, 0.717) is 34.3 Å². The first-order valence-electron chi connectivity index (χ1n) is 10.6. The minimum Gasteiger partial charge on any atom is -0.507 e. The van der Waals surface area contributed by atoms with E-state index in [2.05, 4.69) is 12.1 Å². The number of carbonyl (C=O) groups excluding carboxylic acids is 2. The van der Waals surface area contributed by atoms with Crippen molar-refractivity contribution in [2.75, 3.05) is 11.5 Å². The molecule has 1 atom stereocenters. The number of carbonyl (C=O) groups is 2. The van der Waals surface area contributed by atoms with E-state index in [1.165, 1.54) is 4.90 Å². The van der Waals surface area contributed by atoms with Crippen molar-refractivity contribution in [3.8, 4) is 5.75 Å². The summed E-state index contributed by atoms with van der Waals surface area (Å²) in [6.07, 6.45) is 1.96. The van der Waals surface area contributed by atoms with Crippen LogP contribution < -0.4 is 9.64 Å². The number of aromatic nitrogens is 1. The van der Waals surface area contributed by atoms with E-state index in [-0.39, 0.29) is 17.2 Å². The molecule has 2 heterocycles. The second kappa shape index (κ2) is 9.50. The number of rotatable bonds is 7. The van der Waals surface area contributed by atoms with E-state index >= 15 is 0 Å². The van der Waals surface area contributed by atoms with Gasteiger partial charge in [0.05, 0.1) is 18.2 Å². The molecule has 8 heteroatoms. The topological polar surface area (TPSA) is 92.9 Å². The van der Waals surface area contributed by atoms with Crippen LogP contribution in [0.3, 0.4) is 0 Å². The first-order valence-corrected chi connectivity index (χ1v) is 11.0. The zero-order valence-electron chi connectivity index (χ0n) is 18.2. The third-order valence-corrected chi connectivity index (χ3v) is 5.64. The molecule has 1 amide bonds. The lowest BCUT2D eigenvalue weighted by Crippen LogP contribution is -2.29. The average molecular weight is 467 g/mol. The van der Waals surface area contributed by atoms with E-state index in [4.69, 9.17) is 20.9 Å². The average Bonchev–Trinajstić information content (AvgIpc) is 3.35. The summed E-state index contributed by atoms with van der Waals surface area (Å²) in [5.74, 6) is -0.537. The molecule has 3 aromatic rings. The number of benzene rings is 2. The van der Waals surface area contributed by atoms with Gasteiger partial charge in [0.25, 0.3) is 5.78 Å². The minimum atomic E-state index is -0.894. The summed E-state index contributed by atoms with van der Waals surface area (Å²) in [6, 6.07) is 14.2. The summed E-state index contributed by atoms with van der Waals surface area (Å²) < 4.78 is 10.9. The number of hydrogen-bond donors (Lipinski definition) is 1. The lowest BCUT2D eigenvalue weighted by molar-refractivity contribution is -0.132. The first kappa shape index (κ1) is 22.6. The van der Waals surface area contributed by atoms with Crippen molar-refractivity contribution in [1.29, 1.82) is 0 Å². The van der Waals surface area contributed by atoms with Gasteiger partial charge in [-0.25, -0.2) is 0 Å². The number of aryl methyl sites for hydroxylation is 1. The number of aliphatic hydroxyl groups is 1. The second-order valence-electron chi connectivity index (χ2n) is 7.74. The fourth-order valence-electron chi connectivity index (χ4n) is 3.69. The Balaban J connectivity index is 1.81. The highest BCUT2D eigenvalue weighted by atomic mass is 35.5. The lowest BCUT2D eigenvalue weighted by Gasteiger charge is -2.23. The Hall–Kier alpha value is -3.58. The lowest BCUT2D eigenvalue weighted by atomic mass is 9.95. The first-order chi connectivity index (χ1) is 15.9. The Bertz CT molecular complexity index is 1200. The summed E-state index contributed by atoms with van der Waals surface area (Å²) in [7, 11) is 0. The van der Waals surface area contributed by atoms with Gasteiger partial charge in [-0.2, -0.15) is 0 Å². The number of unbranched alkanes of at least 4 members (excludes halogenated alkanes) is 1. The van der Waals surface area contributed by atoms with Crippen molar-refractivity contribution in [3.63, 3.8) is 0 Å². The molecule has 33 heavy (non-hydrogen) atoms. The van der Waals surface area contributed by atoms with Gasteiger partial charge in [0.1, 0.15) is 17.3 Å². The zero-order chi connectivity index (χ0) is 23.5. The van der Waals surface area contributed by atoms with Gasteiger partial charge in [0.2, 0.25) is 0 Å². The van der Waals surface area contributed by atoms with Crippen LogP contribution in [0.5, 0.6) is 5.75 Å². The number of aliphatic hydroxyl groups excluding tert-OH is 1. The predicted octanol–water partition coefficient (Wildman–Crippen LogP) is 5.44. The Labute approximate surface area is 196 Å². The molecule has 2 aromatic carbocycles. The van der Waals surface area contributed by atoms with Gasteiger partial charge in [-0.3, -0.25) is 14.5 Å². The van der Waals surface area contributed by atoms with Gasteiger partial charge in [0.15, 0.2) is 5.82 Å². The SMILES string of the molecule is CCCCOc1ccc([C@@H]2/C(=C(\O)c3ccc(Cl)cc3)C(=O)C(=O)N2c2cc(C)on2)cc1. The van der Waals surface area contributed by atoms with Crippen LogP contribution in [0.2, 0.25) is 5.02 Å². The van der Waals surface area contributed by atoms with Crippen LogP contribution in [0.15, 0.2) is 64.7 Å². The normalized spacial score (nSPS) is 17.5. The van der Waals surface area contributed by atoms with Crippen molar-refractivity contribution < 1.29 is 24.0 Å². The number of anilines is 1. The third-order valence-electron chi connectivity index (χ3n) is 5.39. The van der Waals surface area contributed by atoms with Crippen molar-refractivity contribution in [2.24, 2.45) is 0 Å². The standard InChI is InChI=1S/C25H23ClN2O5/c1-3-4-13-32-19-11-7-16(8-12-19)22-21(23(29)17-5-9-18(26)10-6-17)24(30)25(31)28(22)20-14-15(2)33-27-20/h5-12,14,22,29H,3-4,13H2,1-2H3/b23-21+/t22-/m1/s1. The predicted molar refractivity (Wildman–Crippen MR) is 124 cm³/mol. The van der Waals surface area contributed by atoms with Gasteiger partial charge >= 0.3 is 5.91 Å². The molecule has 170 valence electrons. The van der Waals surface area contributed by atoms with Crippen LogP contribution in [0.25, 0.3) is 5.76 Å². The van der Waals surface area contributed by atoms with Crippen LogP contribution in [-0.2, 0) is 9.59 Å². The van der Waals surface area contributed by atoms with E-state index in [1.807, 2.05) is 0 Å². The Kier molecular flexibility index (Phi) is 6.51. The summed E-state index contributed by atoms with van der Waals surface area (Å²) in [5.41, 5.74) is 0.953. The molecule has 1 fully saturated rings. The van der Waals surface area contributed by atoms with Gasteiger partial charge in [-0.15, -0.1) is 0 Å². The summed E-state index contributed by atoms with van der Waals surface area (Å²) >= 11 is 5.96. The number of amides is 1. The highest BCUT2D eigenvalue weighted by molar-refractivity contribution is 6.51. The summed E-state index contributed by atoms with van der Waals surface area (Å²) in [4.78, 5) is 27.4. The molecule has 7 nitrogen and oxygen atoms in total. The van der Waals surface area contributed by atoms with Crippen molar-refractivity contribution in [3.05, 3.63) is 82.1 Å². The highest BCUT2D eigenvalue weighted by Gasteiger charge is 2.48. The van der Waals surface area contributed by atoms with Crippen LogP contribution in [0.1, 0.15) is 42.7 Å². The van der Waals surface area contributed by atoms with E-state index in [9.17, 15) is 14.7 Å². The molecule has 0 aliphatic carbocycles. The maximum atomic E-state index is 13.1. The van der Waals surface area contributed by atoms with Gasteiger partial charge < -0.3 is 14.4 Å². The quantitative estimate of drug-likeness (QED) is 0.215. The van der Waals surface area contributed by atoms with Crippen molar-refractivity contribution in [1.82, 2.24) is 5.16 Å². The molecule has 1 N–H and O–H groups in total. The molecular formula is C25H23ClN2O5. The molecule has 1 aromatic heterocycles. The molecule has 1 aliphatic heterocycles. The van der Waals surface area contributed by atoms with Crippen molar-refractivity contribution >= 4 is 34.9 Å². The number of ketones is 1. The fourth-order valence-corrected chi connectivity index (χ4v) is 3.82. The minimum absolute atomic E-state index is 0.0392. The van der Waals surface area contributed by atoms with E-state index in [0.717, 1.165) is 12.8 Å². The maximum absolute atomic E-state index is 13.1. The number of hydrogen-bond acceptors (Lipinski definition) is 6. The van der Waals surface area contributed by atoms with Crippen LogP contribution in [-0.4, -0.2) is 28.6 Å². The third kappa shape index (κ3) is 4.50. The highest BCUT2D eigenvalue weighted by Crippen LogP contribution is 2.42. The molecule has 1 saturated heterocycles. The molecular weight excluding hydrogens is 444 g/mol. The largest absolute Gasteiger partial charge is 0.507 e. The smallest absolute Gasteiger partial charge is 0.301 e. The van der Waals surface area contributed by atoms with Crippen molar-refractivity contribution in [2.45, 2.75) is 32.7 Å². The molecule has 4 rings (SSSR count). The van der Waals surface area contributed by atoms with Crippen LogP contribution in [0.4, 0.5) is 5.82 Å². The molecule has 0 unspecified atom stereocenters. The second-order valence-corrected chi connectivity index (χ2v) is 8.18. The number of Topliss-reactive ketones (excluding diaryl/α,β-unsaturated/α-hetero) is 1. The van der Waals surface area contributed by atoms with Gasteiger partial charge in [-0.1, -0.05) is 42.2 Å². The van der Waals surface area contributed by atoms with Crippen LogP contribution in [0, 0.1) is 6.92 Å². The monoisotopic (exact) mass is 466 g/mol. The van der Waals surface area contributed by atoms with Gasteiger partial charge in [-0.05, 0) is 55.3 Å².